The molecule has 0 bridgehead atoms. The lowest BCUT2D eigenvalue weighted by atomic mass is 10.0. The first-order chi connectivity index (χ1) is 16.3. The molecular formula is C28H34N4O2. The van der Waals surface area contributed by atoms with E-state index >= 15 is 0 Å². The summed E-state index contributed by atoms with van der Waals surface area (Å²) in [5.41, 5.74) is 6.05. The van der Waals surface area contributed by atoms with E-state index in [9.17, 15) is 9.59 Å². The first kappa shape index (κ1) is 23.8. The van der Waals surface area contributed by atoms with Crippen LogP contribution in [0.3, 0.4) is 0 Å². The topological polar surface area (TPSA) is 68.4 Å². The number of aromatic nitrogens is 1. The van der Waals surface area contributed by atoms with Crippen LogP contribution >= 0.6 is 0 Å². The van der Waals surface area contributed by atoms with Crippen LogP contribution < -0.4 is 10.2 Å². The minimum absolute atomic E-state index is 0.0256. The van der Waals surface area contributed by atoms with Gasteiger partial charge in [-0.3, -0.25) is 14.5 Å². The van der Waals surface area contributed by atoms with Gasteiger partial charge < -0.3 is 15.2 Å². The van der Waals surface area contributed by atoms with Crippen LogP contribution in [-0.2, 0) is 6.54 Å². The molecule has 0 amide bonds. The minimum atomic E-state index is -0.413. The summed E-state index contributed by atoms with van der Waals surface area (Å²) in [5.74, 6) is -0.0749. The van der Waals surface area contributed by atoms with Crippen molar-refractivity contribution in [2.45, 2.75) is 40.3 Å². The highest BCUT2D eigenvalue weighted by atomic mass is 16.1. The van der Waals surface area contributed by atoms with Gasteiger partial charge in [0.2, 0.25) is 5.78 Å². The first-order valence-corrected chi connectivity index (χ1v) is 12.0. The zero-order valence-corrected chi connectivity index (χ0v) is 20.5. The number of piperazine rings is 1. The molecular weight excluding hydrogens is 424 g/mol. The predicted octanol–water partition coefficient (Wildman–Crippen LogP) is 4.84. The van der Waals surface area contributed by atoms with Crippen LogP contribution in [0.4, 0.5) is 11.4 Å². The van der Waals surface area contributed by atoms with Gasteiger partial charge in [0.25, 0.3) is 0 Å². The number of anilines is 2. The van der Waals surface area contributed by atoms with Crippen molar-refractivity contribution in [3.63, 3.8) is 0 Å². The number of aromatic amines is 1. The van der Waals surface area contributed by atoms with Crippen molar-refractivity contribution < 1.29 is 9.59 Å². The van der Waals surface area contributed by atoms with Crippen molar-refractivity contribution in [3.8, 4) is 0 Å². The number of carbonyl (C=O) groups is 2. The third kappa shape index (κ3) is 5.23. The highest BCUT2D eigenvalue weighted by Crippen LogP contribution is 2.23. The fraction of sp³-hybridized carbons (Fsp3) is 0.357. The summed E-state index contributed by atoms with van der Waals surface area (Å²) in [5, 5.41) is 3.31. The van der Waals surface area contributed by atoms with Gasteiger partial charge in [-0.05, 0) is 63.1 Å². The van der Waals surface area contributed by atoms with E-state index in [1.54, 1.807) is 0 Å². The SMILES string of the molecule is CC(=O)c1c(C)[nH]c(C(=O)[C@@H](C)Nc2ccc(N3CCN(Cc4ccccc4)CC3)cc2)c1C. The monoisotopic (exact) mass is 458 g/mol. The highest BCUT2D eigenvalue weighted by Gasteiger charge is 2.24. The van der Waals surface area contributed by atoms with E-state index in [2.05, 4.69) is 62.6 Å². The summed E-state index contributed by atoms with van der Waals surface area (Å²) in [6.07, 6.45) is 0. The molecule has 6 heteroatoms. The molecule has 1 aromatic heterocycles. The molecule has 1 atom stereocenters. The lowest BCUT2D eigenvalue weighted by molar-refractivity contribution is 0.0970. The van der Waals surface area contributed by atoms with Gasteiger partial charge in [0, 0.05) is 55.4 Å². The number of benzene rings is 2. The molecule has 0 radical (unpaired) electrons. The molecule has 178 valence electrons. The normalized spacial score (nSPS) is 15.2. The molecule has 2 N–H and O–H groups in total. The third-order valence-electron chi connectivity index (χ3n) is 6.67. The van der Waals surface area contributed by atoms with Crippen LogP contribution in [0.15, 0.2) is 54.6 Å². The second-order valence-corrected chi connectivity index (χ2v) is 9.21. The van der Waals surface area contributed by atoms with E-state index in [0.29, 0.717) is 11.3 Å². The smallest absolute Gasteiger partial charge is 0.201 e. The Kier molecular flexibility index (Phi) is 7.17. The molecule has 0 saturated carbocycles. The predicted molar refractivity (Wildman–Crippen MR) is 138 cm³/mol. The first-order valence-electron chi connectivity index (χ1n) is 12.0. The molecule has 1 fully saturated rings. The van der Waals surface area contributed by atoms with Gasteiger partial charge in [-0.15, -0.1) is 0 Å². The van der Waals surface area contributed by atoms with Gasteiger partial charge in [-0.1, -0.05) is 30.3 Å². The van der Waals surface area contributed by atoms with Crippen LogP contribution in [0.5, 0.6) is 0 Å². The Balaban J connectivity index is 1.33. The van der Waals surface area contributed by atoms with Crippen LogP contribution in [0.2, 0.25) is 0 Å². The maximum atomic E-state index is 13.0. The van der Waals surface area contributed by atoms with Crippen molar-refractivity contribution in [3.05, 3.63) is 82.7 Å². The molecule has 0 unspecified atom stereocenters. The van der Waals surface area contributed by atoms with Gasteiger partial charge in [-0.2, -0.15) is 0 Å². The molecule has 1 aliphatic rings. The fourth-order valence-corrected chi connectivity index (χ4v) is 4.83. The van der Waals surface area contributed by atoms with Crippen molar-refractivity contribution in [2.24, 2.45) is 0 Å². The molecule has 0 aliphatic carbocycles. The summed E-state index contributed by atoms with van der Waals surface area (Å²) in [7, 11) is 0. The summed E-state index contributed by atoms with van der Waals surface area (Å²) >= 11 is 0. The van der Waals surface area contributed by atoms with Gasteiger partial charge in [0.05, 0.1) is 11.7 Å². The molecule has 3 aromatic rings. The van der Waals surface area contributed by atoms with Crippen LogP contribution in [0, 0.1) is 13.8 Å². The Morgan fingerprint density at radius 1 is 0.971 bits per heavy atom. The molecule has 1 saturated heterocycles. The Bertz CT molecular complexity index is 1140. The van der Waals surface area contributed by atoms with Gasteiger partial charge in [0.1, 0.15) is 0 Å². The van der Waals surface area contributed by atoms with Crippen LogP contribution in [0.1, 0.15) is 51.5 Å². The number of nitrogens with one attached hydrogen (secondary N) is 2. The zero-order valence-electron chi connectivity index (χ0n) is 20.5. The quantitative estimate of drug-likeness (QED) is 0.473. The number of rotatable bonds is 8. The molecule has 1 aliphatic heterocycles. The van der Waals surface area contributed by atoms with Gasteiger partial charge in [-0.25, -0.2) is 0 Å². The summed E-state index contributed by atoms with van der Waals surface area (Å²) in [4.78, 5) is 32.9. The lowest BCUT2D eigenvalue weighted by Crippen LogP contribution is -2.45. The maximum Gasteiger partial charge on any atom is 0.201 e. The molecule has 4 rings (SSSR count). The number of ketones is 2. The van der Waals surface area contributed by atoms with Crippen LogP contribution in [-0.4, -0.2) is 53.7 Å². The van der Waals surface area contributed by atoms with Crippen molar-refractivity contribution >= 4 is 22.9 Å². The Labute approximate surface area is 202 Å². The minimum Gasteiger partial charge on any atom is -0.375 e. The number of nitrogens with zero attached hydrogens (tertiary/aromatic N) is 2. The molecule has 2 aromatic carbocycles. The van der Waals surface area contributed by atoms with Crippen molar-refractivity contribution in [2.75, 3.05) is 36.4 Å². The summed E-state index contributed by atoms with van der Waals surface area (Å²) in [6.45, 7) is 12.1. The Hall–Kier alpha value is -3.38. The van der Waals surface area contributed by atoms with E-state index in [0.717, 1.165) is 49.7 Å². The van der Waals surface area contributed by atoms with E-state index in [4.69, 9.17) is 0 Å². The summed E-state index contributed by atoms with van der Waals surface area (Å²) < 4.78 is 0. The van der Waals surface area contributed by atoms with Crippen LogP contribution in [0.25, 0.3) is 0 Å². The van der Waals surface area contributed by atoms with Crippen molar-refractivity contribution in [1.82, 2.24) is 9.88 Å². The van der Waals surface area contributed by atoms with E-state index in [-0.39, 0.29) is 11.6 Å². The van der Waals surface area contributed by atoms with E-state index < -0.39 is 6.04 Å². The number of H-pyrrole nitrogens is 1. The Morgan fingerprint density at radius 3 is 2.21 bits per heavy atom. The fourth-order valence-electron chi connectivity index (χ4n) is 4.83. The lowest BCUT2D eigenvalue weighted by Gasteiger charge is -2.36. The average Bonchev–Trinajstić information content (AvgIpc) is 3.14. The average molecular weight is 459 g/mol. The van der Waals surface area contributed by atoms with Gasteiger partial charge in [0.15, 0.2) is 5.78 Å². The second-order valence-electron chi connectivity index (χ2n) is 9.21. The molecule has 34 heavy (non-hydrogen) atoms. The largest absolute Gasteiger partial charge is 0.375 e. The van der Waals surface area contributed by atoms with Crippen molar-refractivity contribution in [1.29, 1.82) is 0 Å². The van der Waals surface area contributed by atoms with Gasteiger partial charge >= 0.3 is 0 Å². The molecule has 6 nitrogen and oxygen atoms in total. The number of hydrogen-bond donors (Lipinski definition) is 2. The summed E-state index contributed by atoms with van der Waals surface area (Å²) in [6, 6.07) is 18.5. The zero-order chi connectivity index (χ0) is 24.2. The number of aryl methyl sites for hydroxylation is 1. The molecule has 2 heterocycles. The third-order valence-corrected chi connectivity index (χ3v) is 6.67. The number of hydrogen-bond acceptors (Lipinski definition) is 5. The standard InChI is InChI=1S/C28H34N4O2/c1-19-26(22(4)33)20(2)30-27(19)28(34)21(3)29-24-10-12-25(13-11-24)32-16-14-31(15-17-32)18-23-8-6-5-7-9-23/h5-13,21,29-30H,14-18H2,1-4H3/t21-/m1/s1. The maximum absolute atomic E-state index is 13.0. The van der Waals surface area contributed by atoms with E-state index in [1.165, 1.54) is 18.2 Å². The highest BCUT2D eigenvalue weighted by molar-refractivity contribution is 6.05. The second kappa shape index (κ2) is 10.3. The molecule has 0 spiro atoms. The number of Topliss-reactive ketones (excluding diaryl/α,β-unsaturated/α-hetero) is 2. The number of carbonyl (C=O) groups excluding carboxylic acids is 2. The van der Waals surface area contributed by atoms with E-state index in [1.807, 2.05) is 32.9 Å². The Morgan fingerprint density at radius 2 is 1.62 bits per heavy atom.